The summed E-state index contributed by atoms with van der Waals surface area (Å²) in [5.41, 5.74) is 1.43. The molecule has 0 bridgehead atoms. The maximum absolute atomic E-state index is 12.2. The van der Waals surface area contributed by atoms with Gasteiger partial charge in [0.15, 0.2) is 9.84 Å². The van der Waals surface area contributed by atoms with Crippen LogP contribution in [0, 0.1) is 0 Å². The van der Waals surface area contributed by atoms with Crippen LogP contribution in [0.2, 0.25) is 0 Å². The fourth-order valence-electron chi connectivity index (χ4n) is 2.71. The van der Waals surface area contributed by atoms with Crippen molar-refractivity contribution in [3.8, 4) is 5.75 Å². The Morgan fingerprint density at radius 1 is 0.926 bits per heavy atom. The molecule has 4 N–H and O–H groups in total. The third kappa shape index (κ3) is 5.20. The Bertz CT molecular complexity index is 940. The van der Waals surface area contributed by atoms with Gasteiger partial charge >= 0.3 is 6.03 Å². The molecule has 1 saturated heterocycles. The lowest BCUT2D eigenvalue weighted by Gasteiger charge is -2.12. The molecule has 0 aliphatic carbocycles. The van der Waals surface area contributed by atoms with Crippen LogP contribution in [0.3, 0.4) is 0 Å². The number of phenolic OH excluding ortho intramolecular Hbond substituents is 1. The van der Waals surface area contributed by atoms with Crippen LogP contribution in [-0.2, 0) is 9.84 Å². The first-order valence-electron chi connectivity index (χ1n) is 8.29. The van der Waals surface area contributed by atoms with Crippen LogP contribution in [0.5, 0.6) is 5.75 Å². The van der Waals surface area contributed by atoms with E-state index in [1.54, 1.807) is 36.4 Å². The number of sulfone groups is 1. The molecule has 1 heterocycles. The summed E-state index contributed by atoms with van der Waals surface area (Å²) >= 11 is 0. The van der Waals surface area contributed by atoms with E-state index in [9.17, 15) is 23.1 Å². The standard InChI is InChI=1S/C18H19N3O5S/c22-16-7-5-13(6-8-16)19-17(23)12-1-3-14(4-2-12)20-18(24)21-15-9-10-27(25,26)11-15/h1-8,15,22H,9-11H2,(H,19,23)(H2,20,21,24)/t15-/m1/s1. The van der Waals surface area contributed by atoms with Gasteiger partial charge in [0.2, 0.25) is 0 Å². The Morgan fingerprint density at radius 2 is 1.52 bits per heavy atom. The van der Waals surface area contributed by atoms with Crippen molar-refractivity contribution in [2.24, 2.45) is 0 Å². The van der Waals surface area contributed by atoms with Crippen LogP contribution in [-0.4, -0.2) is 43.0 Å². The summed E-state index contributed by atoms with van der Waals surface area (Å²) in [6.45, 7) is 0. The summed E-state index contributed by atoms with van der Waals surface area (Å²) in [6, 6.07) is 11.5. The van der Waals surface area contributed by atoms with E-state index in [0.717, 1.165) is 0 Å². The monoisotopic (exact) mass is 389 g/mol. The quantitative estimate of drug-likeness (QED) is 0.595. The zero-order chi connectivity index (χ0) is 19.4. The topological polar surface area (TPSA) is 125 Å². The van der Waals surface area contributed by atoms with E-state index in [4.69, 9.17) is 0 Å². The molecule has 1 aliphatic rings. The minimum atomic E-state index is -3.06. The van der Waals surface area contributed by atoms with Gasteiger partial charge in [-0.2, -0.15) is 0 Å². The van der Waals surface area contributed by atoms with Crippen molar-refractivity contribution in [3.05, 3.63) is 54.1 Å². The normalized spacial score (nSPS) is 17.9. The second-order valence-corrected chi connectivity index (χ2v) is 8.51. The first-order valence-corrected chi connectivity index (χ1v) is 10.1. The fraction of sp³-hybridized carbons (Fsp3) is 0.222. The summed E-state index contributed by atoms with van der Waals surface area (Å²) < 4.78 is 22.8. The summed E-state index contributed by atoms with van der Waals surface area (Å²) in [5, 5.41) is 17.2. The van der Waals surface area contributed by atoms with Crippen molar-refractivity contribution < 1.29 is 23.1 Å². The Kier molecular flexibility index (Phi) is 5.31. The molecule has 1 aliphatic heterocycles. The average molecular weight is 389 g/mol. The lowest BCUT2D eigenvalue weighted by atomic mass is 10.2. The van der Waals surface area contributed by atoms with Crippen molar-refractivity contribution in [1.82, 2.24) is 5.32 Å². The second-order valence-electron chi connectivity index (χ2n) is 6.28. The van der Waals surface area contributed by atoms with E-state index in [1.165, 1.54) is 12.1 Å². The minimum Gasteiger partial charge on any atom is -0.508 e. The zero-order valence-corrected chi connectivity index (χ0v) is 15.1. The first-order chi connectivity index (χ1) is 12.8. The molecule has 1 atom stereocenters. The number of anilines is 2. The van der Waals surface area contributed by atoms with Gasteiger partial charge in [-0.15, -0.1) is 0 Å². The van der Waals surface area contributed by atoms with Crippen molar-refractivity contribution in [2.45, 2.75) is 12.5 Å². The van der Waals surface area contributed by atoms with E-state index in [2.05, 4.69) is 16.0 Å². The van der Waals surface area contributed by atoms with Gasteiger partial charge in [-0.1, -0.05) is 0 Å². The summed E-state index contributed by atoms with van der Waals surface area (Å²) in [4.78, 5) is 24.1. The van der Waals surface area contributed by atoms with Crippen molar-refractivity contribution in [3.63, 3.8) is 0 Å². The molecule has 142 valence electrons. The van der Waals surface area contributed by atoms with E-state index in [-0.39, 0.29) is 29.2 Å². The Balaban J connectivity index is 1.54. The highest BCUT2D eigenvalue weighted by atomic mass is 32.2. The molecule has 9 heteroatoms. The number of urea groups is 1. The van der Waals surface area contributed by atoms with Gasteiger partial charge in [0.05, 0.1) is 11.5 Å². The van der Waals surface area contributed by atoms with Gasteiger partial charge < -0.3 is 21.1 Å². The molecule has 1 fully saturated rings. The molecule has 0 aromatic heterocycles. The van der Waals surface area contributed by atoms with Gasteiger partial charge in [-0.3, -0.25) is 4.79 Å². The number of aromatic hydroxyl groups is 1. The molecule has 3 amide bonds. The second kappa shape index (κ2) is 7.67. The number of amides is 3. The van der Waals surface area contributed by atoms with E-state index >= 15 is 0 Å². The zero-order valence-electron chi connectivity index (χ0n) is 14.3. The highest BCUT2D eigenvalue weighted by Crippen LogP contribution is 2.16. The number of hydrogen-bond donors (Lipinski definition) is 4. The number of carbonyl (C=O) groups is 2. The Morgan fingerprint density at radius 3 is 2.11 bits per heavy atom. The largest absolute Gasteiger partial charge is 0.508 e. The molecule has 0 saturated carbocycles. The molecule has 2 aromatic carbocycles. The first kappa shape index (κ1) is 18.7. The maximum Gasteiger partial charge on any atom is 0.319 e. The molecular formula is C18H19N3O5S. The third-order valence-electron chi connectivity index (χ3n) is 4.10. The number of benzene rings is 2. The van der Waals surface area contributed by atoms with E-state index < -0.39 is 15.9 Å². The van der Waals surface area contributed by atoms with Crippen molar-refractivity contribution in [1.29, 1.82) is 0 Å². The smallest absolute Gasteiger partial charge is 0.319 e. The van der Waals surface area contributed by atoms with Crippen molar-refractivity contribution >= 4 is 33.2 Å². The third-order valence-corrected chi connectivity index (χ3v) is 5.87. The van der Waals surface area contributed by atoms with Gasteiger partial charge in [0.1, 0.15) is 5.75 Å². The van der Waals surface area contributed by atoms with Gasteiger partial charge in [-0.05, 0) is 55.0 Å². The SMILES string of the molecule is O=C(Nc1ccc(C(=O)Nc2ccc(O)cc2)cc1)N[C@@H]1CCS(=O)(=O)C1. The number of rotatable bonds is 4. The van der Waals surface area contributed by atoms with Crippen LogP contribution in [0.1, 0.15) is 16.8 Å². The predicted molar refractivity (Wildman–Crippen MR) is 102 cm³/mol. The Hall–Kier alpha value is -3.07. The van der Waals surface area contributed by atoms with Crippen LogP contribution in [0.4, 0.5) is 16.2 Å². The van der Waals surface area contributed by atoms with E-state index in [0.29, 0.717) is 23.4 Å². The molecule has 2 aromatic rings. The fourth-order valence-corrected chi connectivity index (χ4v) is 4.39. The van der Waals surface area contributed by atoms with Crippen LogP contribution in [0.15, 0.2) is 48.5 Å². The average Bonchev–Trinajstić information content (AvgIpc) is 2.96. The van der Waals surface area contributed by atoms with Gasteiger partial charge in [0, 0.05) is 23.0 Å². The minimum absolute atomic E-state index is 0.0449. The molecule has 0 unspecified atom stereocenters. The molecule has 3 rings (SSSR count). The maximum atomic E-state index is 12.2. The lowest BCUT2D eigenvalue weighted by molar-refractivity contribution is 0.102. The summed E-state index contributed by atoms with van der Waals surface area (Å²) in [5.74, 6) is -0.177. The molecule has 0 radical (unpaired) electrons. The highest BCUT2D eigenvalue weighted by molar-refractivity contribution is 7.91. The van der Waals surface area contributed by atoms with Crippen LogP contribution < -0.4 is 16.0 Å². The van der Waals surface area contributed by atoms with E-state index in [1.807, 2.05) is 0 Å². The molecule has 0 spiro atoms. The summed E-state index contributed by atoms with van der Waals surface area (Å²) in [7, 11) is -3.06. The number of hydrogen-bond acceptors (Lipinski definition) is 5. The highest BCUT2D eigenvalue weighted by Gasteiger charge is 2.28. The van der Waals surface area contributed by atoms with Crippen molar-refractivity contribution in [2.75, 3.05) is 22.1 Å². The molecule has 27 heavy (non-hydrogen) atoms. The predicted octanol–water partition coefficient (Wildman–Crippen LogP) is 1.95. The van der Waals surface area contributed by atoms with Crippen LogP contribution in [0.25, 0.3) is 0 Å². The van der Waals surface area contributed by atoms with Crippen LogP contribution >= 0.6 is 0 Å². The lowest BCUT2D eigenvalue weighted by Crippen LogP contribution is -2.38. The number of nitrogens with one attached hydrogen (secondary N) is 3. The summed E-state index contributed by atoms with van der Waals surface area (Å²) in [6.07, 6.45) is 0.409. The molecule has 8 nitrogen and oxygen atoms in total. The van der Waals surface area contributed by atoms with Gasteiger partial charge in [-0.25, -0.2) is 13.2 Å². The van der Waals surface area contributed by atoms with Gasteiger partial charge in [0.25, 0.3) is 5.91 Å². The number of carbonyl (C=O) groups excluding carboxylic acids is 2. The Labute approximate surface area is 156 Å². The molecular weight excluding hydrogens is 370 g/mol. The number of phenols is 1.